The molecule has 5 nitrogen and oxygen atoms in total. The number of benzene rings is 1. The fourth-order valence-corrected chi connectivity index (χ4v) is 4.34. The number of rotatable bonds is 3. The average Bonchev–Trinajstić information content (AvgIpc) is 2.88. The summed E-state index contributed by atoms with van der Waals surface area (Å²) in [5, 5.41) is 0. The van der Waals surface area contributed by atoms with Crippen molar-refractivity contribution in [3.63, 3.8) is 0 Å². The number of methoxy groups -OCH3 is 2. The first kappa shape index (κ1) is 15.4. The molecule has 3 aliphatic heterocycles. The van der Waals surface area contributed by atoms with Crippen LogP contribution in [-0.2, 0) is 25.0 Å². The van der Waals surface area contributed by atoms with Gasteiger partial charge in [0, 0.05) is 19.1 Å². The Bertz CT molecular complexity index is 555. The lowest BCUT2D eigenvalue weighted by Gasteiger charge is -2.49. The second-order valence-electron chi connectivity index (χ2n) is 6.77. The van der Waals surface area contributed by atoms with Gasteiger partial charge in [-0.15, -0.1) is 0 Å². The minimum atomic E-state index is -0.893. The molecule has 5 rings (SSSR count). The Balaban J connectivity index is 1.70. The Morgan fingerprint density at radius 1 is 1.00 bits per heavy atom. The van der Waals surface area contributed by atoms with Crippen LogP contribution in [0.1, 0.15) is 44.1 Å². The average molecular weight is 320 g/mol. The Labute approximate surface area is 136 Å². The molecular formula is C18H24O5. The molecule has 2 unspecified atom stereocenters. The van der Waals surface area contributed by atoms with Gasteiger partial charge >= 0.3 is 0 Å². The number of hydrogen-bond donors (Lipinski definition) is 0. The van der Waals surface area contributed by atoms with E-state index < -0.39 is 17.7 Å². The zero-order valence-electron chi connectivity index (χ0n) is 13.7. The van der Waals surface area contributed by atoms with E-state index >= 15 is 0 Å². The fraction of sp³-hybridized carbons (Fsp3) is 0.667. The predicted molar refractivity (Wildman–Crippen MR) is 82.6 cm³/mol. The van der Waals surface area contributed by atoms with Crippen LogP contribution in [0.15, 0.2) is 24.3 Å². The second kappa shape index (κ2) is 5.74. The molecule has 1 aliphatic carbocycles. The van der Waals surface area contributed by atoms with Crippen molar-refractivity contribution in [1.82, 2.24) is 0 Å². The molecule has 1 saturated carbocycles. The van der Waals surface area contributed by atoms with E-state index in [0.29, 0.717) is 5.92 Å². The molecule has 4 fully saturated rings. The van der Waals surface area contributed by atoms with Gasteiger partial charge in [-0.2, -0.15) is 4.89 Å². The Hall–Kier alpha value is -1.14. The van der Waals surface area contributed by atoms with Crippen LogP contribution in [-0.4, -0.2) is 26.1 Å². The highest BCUT2D eigenvalue weighted by Crippen LogP contribution is 2.55. The molecule has 3 saturated heterocycles. The van der Waals surface area contributed by atoms with Crippen molar-refractivity contribution >= 4 is 0 Å². The first-order valence-corrected chi connectivity index (χ1v) is 8.44. The first-order chi connectivity index (χ1) is 11.2. The first-order valence-electron chi connectivity index (χ1n) is 8.44. The molecule has 126 valence electrons. The van der Waals surface area contributed by atoms with E-state index in [0.717, 1.165) is 43.4 Å². The van der Waals surface area contributed by atoms with Gasteiger partial charge in [-0.05, 0) is 49.4 Å². The van der Waals surface area contributed by atoms with Crippen molar-refractivity contribution in [2.75, 3.05) is 14.2 Å². The molecule has 0 N–H and O–H groups in total. The van der Waals surface area contributed by atoms with E-state index in [1.165, 1.54) is 6.42 Å². The van der Waals surface area contributed by atoms with Gasteiger partial charge in [0.25, 0.3) is 0 Å². The quantitative estimate of drug-likeness (QED) is 0.797. The van der Waals surface area contributed by atoms with E-state index in [2.05, 4.69) is 0 Å². The van der Waals surface area contributed by atoms with Crippen molar-refractivity contribution in [3.8, 4) is 5.75 Å². The van der Waals surface area contributed by atoms with E-state index in [1.807, 2.05) is 24.3 Å². The highest BCUT2D eigenvalue weighted by atomic mass is 17.3. The summed E-state index contributed by atoms with van der Waals surface area (Å²) >= 11 is 0. The van der Waals surface area contributed by atoms with Crippen molar-refractivity contribution in [1.29, 1.82) is 0 Å². The topological polar surface area (TPSA) is 46.2 Å². The van der Waals surface area contributed by atoms with Gasteiger partial charge in [0.2, 0.25) is 5.79 Å². The molecule has 1 aromatic rings. The highest BCUT2D eigenvalue weighted by molar-refractivity contribution is 5.30. The van der Waals surface area contributed by atoms with Crippen LogP contribution in [0.25, 0.3) is 0 Å². The van der Waals surface area contributed by atoms with Crippen LogP contribution in [0.2, 0.25) is 0 Å². The lowest BCUT2D eigenvalue weighted by molar-refractivity contribution is -0.558. The van der Waals surface area contributed by atoms with Gasteiger partial charge in [-0.3, -0.25) is 0 Å². The van der Waals surface area contributed by atoms with Crippen LogP contribution in [0.3, 0.4) is 0 Å². The minimum absolute atomic E-state index is 0.397. The highest BCUT2D eigenvalue weighted by Gasteiger charge is 2.61. The van der Waals surface area contributed by atoms with Crippen LogP contribution in [0.5, 0.6) is 5.75 Å². The fourth-order valence-electron chi connectivity index (χ4n) is 4.34. The molecule has 0 radical (unpaired) electrons. The van der Waals surface area contributed by atoms with Gasteiger partial charge in [-0.25, -0.2) is 4.89 Å². The van der Waals surface area contributed by atoms with Gasteiger partial charge < -0.3 is 14.2 Å². The van der Waals surface area contributed by atoms with Crippen LogP contribution >= 0.6 is 0 Å². The van der Waals surface area contributed by atoms with E-state index in [4.69, 9.17) is 24.0 Å². The van der Waals surface area contributed by atoms with Gasteiger partial charge in [0.1, 0.15) is 5.75 Å². The maximum Gasteiger partial charge on any atom is 0.230 e. The molecule has 3 heterocycles. The molecule has 5 heteroatoms. The van der Waals surface area contributed by atoms with Crippen molar-refractivity contribution in [2.45, 2.75) is 56.2 Å². The molecule has 1 aromatic carbocycles. The third-order valence-corrected chi connectivity index (χ3v) is 5.65. The second-order valence-corrected chi connectivity index (χ2v) is 6.77. The predicted octanol–water partition coefficient (Wildman–Crippen LogP) is 3.52. The maximum absolute atomic E-state index is 6.36. The summed E-state index contributed by atoms with van der Waals surface area (Å²) in [6.07, 6.45) is 5.82. The molecule has 23 heavy (non-hydrogen) atoms. The molecule has 1 spiro atoms. The minimum Gasteiger partial charge on any atom is -0.497 e. The summed E-state index contributed by atoms with van der Waals surface area (Å²) in [7, 11) is 3.35. The van der Waals surface area contributed by atoms with E-state index in [1.54, 1.807) is 14.2 Å². The zero-order chi connectivity index (χ0) is 15.9. The Morgan fingerprint density at radius 3 is 2.57 bits per heavy atom. The Kier molecular flexibility index (Phi) is 3.84. The standard InChI is InChI=1S/C18H24O5/c1-19-15-8-6-14(7-9-15)18-12-10-13-5-3-4-11-17(13,22-23-18)16(20-2)21-18/h6-9,13,16H,3-5,10-12H2,1-2H3/t13?,16?,17-,18-/m0/s1. The number of hydrogen-bond acceptors (Lipinski definition) is 5. The summed E-state index contributed by atoms with van der Waals surface area (Å²) < 4.78 is 17.3. The molecular weight excluding hydrogens is 296 g/mol. The van der Waals surface area contributed by atoms with E-state index in [-0.39, 0.29) is 0 Å². The molecule has 0 amide bonds. The van der Waals surface area contributed by atoms with Crippen molar-refractivity contribution < 1.29 is 24.0 Å². The zero-order valence-corrected chi connectivity index (χ0v) is 13.7. The third kappa shape index (κ3) is 2.30. The molecule has 4 atom stereocenters. The normalized spacial score (nSPS) is 39.6. The lowest BCUT2D eigenvalue weighted by atomic mass is 9.73. The van der Waals surface area contributed by atoms with Crippen LogP contribution in [0, 0.1) is 5.92 Å². The van der Waals surface area contributed by atoms with Crippen LogP contribution in [0.4, 0.5) is 0 Å². The SMILES string of the molecule is COc1ccc([C@]23CCC4CCCC[C@@]4(OO2)C(OC)O3)cc1. The summed E-state index contributed by atoms with van der Waals surface area (Å²) in [5.74, 6) is 0.336. The number of ether oxygens (including phenoxy) is 3. The van der Waals surface area contributed by atoms with Crippen molar-refractivity contribution in [2.24, 2.45) is 5.92 Å². The number of fused-ring (bicyclic) bond motifs is 3. The lowest BCUT2D eigenvalue weighted by Crippen LogP contribution is -2.59. The van der Waals surface area contributed by atoms with Crippen LogP contribution < -0.4 is 4.74 Å². The molecule has 0 aromatic heterocycles. The maximum atomic E-state index is 6.36. The summed E-state index contributed by atoms with van der Waals surface area (Å²) in [5.41, 5.74) is 0.480. The molecule has 4 aliphatic rings. The van der Waals surface area contributed by atoms with Gasteiger partial charge in [0.05, 0.1) is 7.11 Å². The van der Waals surface area contributed by atoms with Gasteiger partial charge in [0.15, 0.2) is 11.9 Å². The smallest absolute Gasteiger partial charge is 0.230 e. The summed E-state index contributed by atoms with van der Waals surface area (Å²) in [4.78, 5) is 11.9. The molecule has 2 bridgehead atoms. The monoisotopic (exact) mass is 320 g/mol. The van der Waals surface area contributed by atoms with Gasteiger partial charge in [-0.1, -0.05) is 12.8 Å². The van der Waals surface area contributed by atoms with Crippen molar-refractivity contribution in [3.05, 3.63) is 29.8 Å². The summed E-state index contributed by atoms with van der Waals surface area (Å²) in [6, 6.07) is 7.78. The summed E-state index contributed by atoms with van der Waals surface area (Å²) in [6.45, 7) is 0. The third-order valence-electron chi connectivity index (χ3n) is 5.65. The Morgan fingerprint density at radius 2 is 1.83 bits per heavy atom. The van der Waals surface area contributed by atoms with E-state index in [9.17, 15) is 0 Å². The largest absolute Gasteiger partial charge is 0.497 e.